The Bertz CT molecular complexity index is 282. The molecule has 1 amide bonds. The molecule has 1 rings (SSSR count). The minimum atomic E-state index is -0.999. The van der Waals surface area contributed by atoms with Gasteiger partial charge in [-0.15, -0.1) is 0 Å². The number of hydrogen-bond donors (Lipinski definition) is 2. The molecule has 0 spiro atoms. The predicted octanol–water partition coefficient (Wildman–Crippen LogP) is -0.404. The van der Waals surface area contributed by atoms with Gasteiger partial charge >= 0.3 is 5.97 Å². The Kier molecular flexibility index (Phi) is 4.89. The van der Waals surface area contributed by atoms with Crippen molar-refractivity contribution in [1.82, 2.24) is 5.32 Å². The van der Waals surface area contributed by atoms with Gasteiger partial charge in [0.25, 0.3) is 0 Å². The highest BCUT2D eigenvalue weighted by atomic mass is 16.5. The number of nitrogens with one attached hydrogen (secondary N) is 1. The summed E-state index contributed by atoms with van der Waals surface area (Å²) in [4.78, 5) is 22.9. The van der Waals surface area contributed by atoms with Gasteiger partial charge in [-0.25, -0.2) is 4.79 Å². The molecule has 1 saturated carbocycles. The van der Waals surface area contributed by atoms with Gasteiger partial charge in [-0.3, -0.25) is 4.79 Å². The Hall–Kier alpha value is -1.14. The summed E-state index contributed by atoms with van der Waals surface area (Å²) in [5, 5.41) is 11.4. The minimum Gasteiger partial charge on any atom is -0.467 e. The molecule has 1 atom stereocenters. The zero-order valence-corrected chi connectivity index (χ0v) is 10.2. The summed E-state index contributed by atoms with van der Waals surface area (Å²) in [5.74, 6) is -0.961. The van der Waals surface area contributed by atoms with E-state index in [0.717, 1.165) is 19.3 Å². The van der Waals surface area contributed by atoms with E-state index in [1.54, 1.807) is 7.11 Å². The zero-order chi connectivity index (χ0) is 12.9. The number of amides is 1. The number of ether oxygens (including phenoxy) is 2. The molecule has 0 bridgehead atoms. The highest BCUT2D eigenvalue weighted by molar-refractivity contribution is 5.85. The molecule has 1 unspecified atom stereocenters. The minimum absolute atomic E-state index is 0.205. The first-order valence-electron chi connectivity index (χ1n) is 5.60. The molecule has 0 saturated heterocycles. The molecule has 98 valence electrons. The van der Waals surface area contributed by atoms with Crippen molar-refractivity contribution in [2.45, 2.75) is 37.3 Å². The maximum Gasteiger partial charge on any atom is 0.330 e. The van der Waals surface area contributed by atoms with Gasteiger partial charge in [-0.1, -0.05) is 0 Å². The fourth-order valence-corrected chi connectivity index (χ4v) is 1.88. The molecule has 17 heavy (non-hydrogen) atoms. The summed E-state index contributed by atoms with van der Waals surface area (Å²) < 4.78 is 9.76. The quantitative estimate of drug-likeness (QED) is 0.622. The van der Waals surface area contributed by atoms with Crippen LogP contribution in [0.3, 0.4) is 0 Å². The van der Waals surface area contributed by atoms with Gasteiger partial charge in [0, 0.05) is 7.11 Å². The van der Waals surface area contributed by atoms with Crippen LogP contribution in [-0.2, 0) is 19.1 Å². The van der Waals surface area contributed by atoms with Crippen LogP contribution >= 0.6 is 0 Å². The molecule has 0 aromatic carbocycles. The summed E-state index contributed by atoms with van der Waals surface area (Å²) in [5.41, 5.74) is -0.389. The van der Waals surface area contributed by atoms with Crippen molar-refractivity contribution in [2.75, 3.05) is 20.8 Å². The number of rotatable bonds is 6. The number of aliphatic hydroxyl groups is 1. The molecular weight excluding hydrogens is 226 g/mol. The van der Waals surface area contributed by atoms with E-state index in [1.807, 2.05) is 0 Å². The van der Waals surface area contributed by atoms with Crippen molar-refractivity contribution in [3.05, 3.63) is 0 Å². The van der Waals surface area contributed by atoms with E-state index in [0.29, 0.717) is 0 Å². The predicted molar refractivity (Wildman–Crippen MR) is 59.2 cm³/mol. The van der Waals surface area contributed by atoms with E-state index < -0.39 is 18.6 Å². The normalized spacial score (nSPS) is 19.0. The second-order valence-electron chi connectivity index (χ2n) is 4.24. The van der Waals surface area contributed by atoms with Crippen molar-refractivity contribution in [3.63, 3.8) is 0 Å². The van der Waals surface area contributed by atoms with Crippen molar-refractivity contribution in [3.8, 4) is 0 Å². The largest absolute Gasteiger partial charge is 0.467 e. The Morgan fingerprint density at radius 3 is 2.41 bits per heavy atom. The number of esters is 1. The first-order chi connectivity index (χ1) is 8.06. The lowest BCUT2D eigenvalue weighted by Gasteiger charge is -2.40. The van der Waals surface area contributed by atoms with E-state index in [4.69, 9.17) is 9.84 Å². The third-order valence-corrected chi connectivity index (χ3v) is 3.18. The summed E-state index contributed by atoms with van der Waals surface area (Å²) >= 11 is 0. The van der Waals surface area contributed by atoms with Crippen molar-refractivity contribution in [1.29, 1.82) is 0 Å². The van der Waals surface area contributed by atoms with E-state index in [9.17, 15) is 9.59 Å². The van der Waals surface area contributed by atoms with Gasteiger partial charge in [0.2, 0.25) is 5.91 Å². The number of aliphatic hydroxyl groups excluding tert-OH is 1. The van der Waals surface area contributed by atoms with Crippen LogP contribution in [0.25, 0.3) is 0 Å². The average molecular weight is 245 g/mol. The van der Waals surface area contributed by atoms with E-state index >= 15 is 0 Å². The van der Waals surface area contributed by atoms with Crippen LogP contribution in [0.1, 0.15) is 25.7 Å². The molecule has 1 fully saturated rings. The summed E-state index contributed by atoms with van der Waals surface area (Å²) in [6.07, 6.45) is 2.94. The van der Waals surface area contributed by atoms with Crippen LogP contribution in [0.2, 0.25) is 0 Å². The highest BCUT2D eigenvalue weighted by Crippen LogP contribution is 2.37. The lowest BCUT2D eigenvalue weighted by Crippen LogP contribution is -2.49. The van der Waals surface area contributed by atoms with Gasteiger partial charge in [0.15, 0.2) is 6.04 Å². The molecule has 0 heterocycles. The van der Waals surface area contributed by atoms with Crippen LogP contribution in [0.5, 0.6) is 0 Å². The fraction of sp³-hybridized carbons (Fsp3) is 0.818. The van der Waals surface area contributed by atoms with Gasteiger partial charge < -0.3 is 19.9 Å². The number of methoxy groups -OCH3 is 2. The van der Waals surface area contributed by atoms with Gasteiger partial charge in [0.05, 0.1) is 25.7 Å². The molecule has 1 aliphatic rings. The molecule has 0 aromatic heterocycles. The smallest absolute Gasteiger partial charge is 0.330 e. The van der Waals surface area contributed by atoms with Crippen LogP contribution < -0.4 is 5.32 Å². The Labute approximate surface area is 100 Å². The molecule has 1 aliphatic carbocycles. The molecule has 2 N–H and O–H groups in total. The first-order valence-corrected chi connectivity index (χ1v) is 5.60. The monoisotopic (exact) mass is 245 g/mol. The maximum atomic E-state index is 11.7. The number of carbonyl (C=O) groups excluding carboxylic acids is 2. The Morgan fingerprint density at radius 1 is 1.41 bits per heavy atom. The summed E-state index contributed by atoms with van der Waals surface area (Å²) in [6, 6.07) is -0.999. The SMILES string of the molecule is COC(=O)C(CO)NC(=O)CC1(OC)CCC1. The van der Waals surface area contributed by atoms with Crippen LogP contribution in [0, 0.1) is 0 Å². The topological polar surface area (TPSA) is 84.9 Å². The fourth-order valence-electron chi connectivity index (χ4n) is 1.88. The van der Waals surface area contributed by atoms with Crippen molar-refractivity contribution in [2.24, 2.45) is 0 Å². The molecule has 6 heteroatoms. The number of hydrogen-bond acceptors (Lipinski definition) is 5. The van der Waals surface area contributed by atoms with Crippen molar-refractivity contribution >= 4 is 11.9 Å². The molecule has 0 radical (unpaired) electrons. The standard InChI is InChI=1S/C11H19NO5/c1-16-10(15)8(7-13)12-9(14)6-11(17-2)4-3-5-11/h8,13H,3-7H2,1-2H3,(H,12,14). The van der Waals surface area contributed by atoms with E-state index in [2.05, 4.69) is 10.1 Å². The highest BCUT2D eigenvalue weighted by Gasteiger charge is 2.39. The van der Waals surface area contributed by atoms with Crippen LogP contribution in [0.4, 0.5) is 0 Å². The van der Waals surface area contributed by atoms with Crippen LogP contribution in [0.15, 0.2) is 0 Å². The maximum absolute atomic E-state index is 11.7. The number of carbonyl (C=O) groups is 2. The summed E-state index contributed by atoms with van der Waals surface area (Å²) in [6.45, 7) is -0.474. The zero-order valence-electron chi connectivity index (χ0n) is 10.2. The Balaban J connectivity index is 2.45. The summed E-state index contributed by atoms with van der Waals surface area (Å²) in [7, 11) is 2.79. The van der Waals surface area contributed by atoms with E-state index in [-0.39, 0.29) is 17.9 Å². The molecular formula is C11H19NO5. The molecule has 0 aliphatic heterocycles. The average Bonchev–Trinajstić information content (AvgIpc) is 2.29. The first kappa shape index (κ1) is 13.9. The molecule has 0 aromatic rings. The van der Waals surface area contributed by atoms with Crippen molar-refractivity contribution < 1.29 is 24.2 Å². The van der Waals surface area contributed by atoms with Crippen LogP contribution in [-0.4, -0.2) is 49.5 Å². The lowest BCUT2D eigenvalue weighted by atomic mass is 9.77. The van der Waals surface area contributed by atoms with Gasteiger partial charge in [-0.2, -0.15) is 0 Å². The second-order valence-corrected chi connectivity index (χ2v) is 4.24. The third-order valence-electron chi connectivity index (χ3n) is 3.18. The Morgan fingerprint density at radius 2 is 2.06 bits per heavy atom. The molecule has 6 nitrogen and oxygen atoms in total. The van der Waals surface area contributed by atoms with E-state index in [1.165, 1.54) is 7.11 Å². The second kappa shape index (κ2) is 5.97. The third kappa shape index (κ3) is 3.41. The lowest BCUT2D eigenvalue weighted by molar-refractivity contribution is -0.148. The van der Waals surface area contributed by atoms with Gasteiger partial charge in [0.1, 0.15) is 0 Å². The van der Waals surface area contributed by atoms with Gasteiger partial charge in [-0.05, 0) is 19.3 Å².